The highest BCUT2D eigenvalue weighted by atomic mass is 16.2. The second kappa shape index (κ2) is 7.05. The van der Waals surface area contributed by atoms with E-state index >= 15 is 0 Å². The molecule has 7 nitrogen and oxygen atoms in total. The molecule has 7 heteroatoms. The molecule has 0 unspecified atom stereocenters. The number of nitrogens with zero attached hydrogens (tertiary/aromatic N) is 3. The first kappa shape index (κ1) is 18.4. The van der Waals surface area contributed by atoms with Gasteiger partial charge in [0.2, 0.25) is 0 Å². The number of imide groups is 2. The average Bonchev–Trinajstić information content (AvgIpc) is 3.27. The van der Waals surface area contributed by atoms with Gasteiger partial charge in [-0.15, -0.1) is 0 Å². The zero-order valence-electron chi connectivity index (χ0n) is 15.6. The zero-order valence-corrected chi connectivity index (χ0v) is 15.6. The van der Waals surface area contributed by atoms with Crippen LogP contribution >= 0.6 is 0 Å². The van der Waals surface area contributed by atoms with Crippen molar-refractivity contribution in [1.82, 2.24) is 14.4 Å². The van der Waals surface area contributed by atoms with E-state index in [-0.39, 0.29) is 18.4 Å². The summed E-state index contributed by atoms with van der Waals surface area (Å²) in [5.74, 6) is -2.01. The Labute approximate surface area is 152 Å². The fourth-order valence-corrected chi connectivity index (χ4v) is 4.03. The van der Waals surface area contributed by atoms with Crippen LogP contribution in [-0.4, -0.2) is 50.6 Å². The van der Waals surface area contributed by atoms with Crippen molar-refractivity contribution in [2.75, 3.05) is 6.54 Å². The summed E-state index contributed by atoms with van der Waals surface area (Å²) in [7, 11) is 0. The summed E-state index contributed by atoms with van der Waals surface area (Å²) < 4.78 is 2.05. The Bertz CT molecular complexity index is 774. The molecular formula is C19H25N3O4. The molecule has 2 heterocycles. The molecule has 3 rings (SSSR count). The van der Waals surface area contributed by atoms with Crippen molar-refractivity contribution in [2.45, 2.75) is 65.5 Å². The van der Waals surface area contributed by atoms with Crippen molar-refractivity contribution in [3.63, 3.8) is 0 Å². The predicted molar refractivity (Wildman–Crippen MR) is 94.7 cm³/mol. The van der Waals surface area contributed by atoms with Crippen LogP contribution in [0.5, 0.6) is 0 Å². The maximum atomic E-state index is 12.7. The van der Waals surface area contributed by atoms with Gasteiger partial charge in [-0.2, -0.15) is 0 Å². The van der Waals surface area contributed by atoms with Gasteiger partial charge in [-0.05, 0) is 39.2 Å². The Morgan fingerprint density at radius 2 is 1.77 bits per heavy atom. The largest absolute Gasteiger partial charge is 0.348 e. The summed E-state index contributed by atoms with van der Waals surface area (Å²) in [6.07, 6.45) is 4.28. The molecule has 26 heavy (non-hydrogen) atoms. The SMILES string of the molecule is CCCn1c(C)cc(C(=O)CN2C(=O)C(=O)N(C3CCCC3)C2=O)c1C. The summed E-state index contributed by atoms with van der Waals surface area (Å²) in [5, 5.41) is 0. The van der Waals surface area contributed by atoms with Crippen molar-refractivity contribution in [1.29, 1.82) is 0 Å². The molecule has 0 bridgehead atoms. The van der Waals surface area contributed by atoms with Crippen LogP contribution in [0.4, 0.5) is 4.79 Å². The molecule has 2 fully saturated rings. The molecule has 1 aromatic heterocycles. The predicted octanol–water partition coefficient (Wildman–Crippen LogP) is 2.43. The zero-order chi connectivity index (χ0) is 19.0. The highest BCUT2D eigenvalue weighted by Gasteiger charge is 2.48. The lowest BCUT2D eigenvalue weighted by atomic mass is 10.1. The van der Waals surface area contributed by atoms with Crippen molar-refractivity contribution in [3.05, 3.63) is 23.0 Å². The van der Waals surface area contributed by atoms with E-state index in [2.05, 4.69) is 11.5 Å². The highest BCUT2D eigenvalue weighted by molar-refractivity contribution is 6.45. The third-order valence-corrected chi connectivity index (χ3v) is 5.40. The Hall–Kier alpha value is -2.44. The molecule has 1 aromatic rings. The third kappa shape index (κ3) is 2.95. The maximum Gasteiger partial charge on any atom is 0.334 e. The second-order valence-electron chi connectivity index (χ2n) is 7.15. The van der Waals surface area contributed by atoms with E-state index in [9.17, 15) is 19.2 Å². The van der Waals surface area contributed by atoms with Gasteiger partial charge in [0.25, 0.3) is 0 Å². The van der Waals surface area contributed by atoms with Crippen LogP contribution in [0.25, 0.3) is 0 Å². The maximum absolute atomic E-state index is 12.7. The summed E-state index contributed by atoms with van der Waals surface area (Å²) >= 11 is 0. The van der Waals surface area contributed by atoms with E-state index in [0.29, 0.717) is 5.56 Å². The van der Waals surface area contributed by atoms with Crippen molar-refractivity contribution >= 4 is 23.6 Å². The minimum atomic E-state index is -0.891. The molecule has 2 aliphatic rings. The fourth-order valence-electron chi connectivity index (χ4n) is 4.03. The number of aromatic nitrogens is 1. The first-order valence-corrected chi connectivity index (χ1v) is 9.25. The number of ketones is 1. The molecular weight excluding hydrogens is 334 g/mol. The van der Waals surface area contributed by atoms with E-state index in [0.717, 1.165) is 59.8 Å². The number of hydrogen-bond acceptors (Lipinski definition) is 4. The average molecular weight is 359 g/mol. The summed E-state index contributed by atoms with van der Waals surface area (Å²) in [6, 6.07) is 0.922. The second-order valence-corrected chi connectivity index (χ2v) is 7.15. The molecule has 0 atom stereocenters. The molecule has 1 aliphatic heterocycles. The standard InChI is InChI=1S/C19H25N3O4/c1-4-9-20-12(2)10-15(13(20)3)16(23)11-21-17(24)18(25)22(19(21)26)14-7-5-6-8-14/h10,14H,4-9,11H2,1-3H3. The van der Waals surface area contributed by atoms with E-state index in [4.69, 9.17) is 0 Å². The van der Waals surface area contributed by atoms with Crippen LogP contribution in [0, 0.1) is 13.8 Å². The lowest BCUT2D eigenvalue weighted by molar-refractivity contribution is -0.143. The van der Waals surface area contributed by atoms with Crippen molar-refractivity contribution in [3.8, 4) is 0 Å². The van der Waals surface area contributed by atoms with Crippen LogP contribution in [0.1, 0.15) is 60.8 Å². The lowest BCUT2D eigenvalue weighted by Crippen LogP contribution is -2.41. The minimum absolute atomic E-state index is 0.214. The third-order valence-electron chi connectivity index (χ3n) is 5.40. The fraction of sp³-hybridized carbons (Fsp3) is 0.579. The van der Waals surface area contributed by atoms with Gasteiger partial charge in [0.05, 0.1) is 6.54 Å². The van der Waals surface area contributed by atoms with E-state index in [1.165, 1.54) is 0 Å². The Balaban J connectivity index is 1.79. The molecule has 1 saturated heterocycles. The number of aryl methyl sites for hydroxylation is 1. The molecule has 1 saturated carbocycles. The van der Waals surface area contributed by atoms with Gasteiger partial charge in [0.15, 0.2) is 5.78 Å². The molecule has 4 amide bonds. The van der Waals surface area contributed by atoms with Gasteiger partial charge in [0, 0.05) is 29.5 Å². The first-order chi connectivity index (χ1) is 12.4. The smallest absolute Gasteiger partial charge is 0.334 e. The molecule has 0 radical (unpaired) electrons. The quantitative estimate of drug-likeness (QED) is 0.444. The van der Waals surface area contributed by atoms with Crippen LogP contribution < -0.4 is 0 Å². The minimum Gasteiger partial charge on any atom is -0.348 e. The molecule has 0 N–H and O–H groups in total. The van der Waals surface area contributed by atoms with E-state index in [1.807, 2.05) is 13.8 Å². The topological polar surface area (TPSA) is 79.7 Å². The number of urea groups is 1. The van der Waals surface area contributed by atoms with Gasteiger partial charge in [-0.1, -0.05) is 19.8 Å². The number of rotatable bonds is 6. The van der Waals surface area contributed by atoms with E-state index < -0.39 is 17.8 Å². The summed E-state index contributed by atoms with van der Waals surface area (Å²) in [5.41, 5.74) is 2.30. The Morgan fingerprint density at radius 1 is 1.12 bits per heavy atom. The number of carbonyl (C=O) groups excluding carboxylic acids is 4. The van der Waals surface area contributed by atoms with Gasteiger partial charge in [-0.3, -0.25) is 19.3 Å². The Kier molecular flexibility index (Phi) is 4.98. The molecule has 140 valence electrons. The normalized spacial score (nSPS) is 18.5. The van der Waals surface area contributed by atoms with Crippen LogP contribution in [0.15, 0.2) is 6.07 Å². The number of hydrogen-bond donors (Lipinski definition) is 0. The molecule has 0 spiro atoms. The van der Waals surface area contributed by atoms with Crippen molar-refractivity contribution < 1.29 is 19.2 Å². The highest BCUT2D eigenvalue weighted by Crippen LogP contribution is 2.28. The molecule has 1 aliphatic carbocycles. The number of carbonyl (C=O) groups is 4. The van der Waals surface area contributed by atoms with Gasteiger partial charge in [0.1, 0.15) is 0 Å². The lowest BCUT2D eigenvalue weighted by Gasteiger charge is -2.20. The van der Waals surface area contributed by atoms with Gasteiger partial charge >= 0.3 is 17.8 Å². The van der Waals surface area contributed by atoms with Gasteiger partial charge in [-0.25, -0.2) is 9.69 Å². The van der Waals surface area contributed by atoms with Crippen molar-refractivity contribution in [2.24, 2.45) is 0 Å². The monoisotopic (exact) mass is 359 g/mol. The van der Waals surface area contributed by atoms with E-state index in [1.54, 1.807) is 6.07 Å². The summed E-state index contributed by atoms with van der Waals surface area (Å²) in [6.45, 7) is 6.27. The van der Waals surface area contributed by atoms with Crippen LogP contribution in [-0.2, 0) is 16.1 Å². The molecule has 0 aromatic carbocycles. The Morgan fingerprint density at radius 3 is 2.38 bits per heavy atom. The summed E-state index contributed by atoms with van der Waals surface area (Å²) in [4.78, 5) is 51.7. The van der Waals surface area contributed by atoms with Crippen LogP contribution in [0.3, 0.4) is 0 Å². The number of amides is 4. The number of Topliss-reactive ketones (excluding diaryl/α,β-unsaturated/α-hetero) is 1. The van der Waals surface area contributed by atoms with Gasteiger partial charge < -0.3 is 4.57 Å². The first-order valence-electron chi connectivity index (χ1n) is 9.25. The van der Waals surface area contributed by atoms with Crippen LogP contribution in [0.2, 0.25) is 0 Å².